The smallest absolute Gasteiger partial charge is 0.257 e. The molecular formula is C16H16ClFN2O. The van der Waals surface area contributed by atoms with Gasteiger partial charge in [-0.05, 0) is 44.2 Å². The van der Waals surface area contributed by atoms with Gasteiger partial charge in [-0.15, -0.1) is 0 Å². The number of carbonyl (C=O) groups is 1. The molecule has 2 rings (SSSR count). The van der Waals surface area contributed by atoms with Crippen molar-refractivity contribution in [3.63, 3.8) is 0 Å². The molecule has 2 aromatic rings. The van der Waals surface area contributed by atoms with Crippen LogP contribution >= 0.6 is 11.6 Å². The molecule has 0 atom stereocenters. The van der Waals surface area contributed by atoms with Gasteiger partial charge >= 0.3 is 0 Å². The van der Waals surface area contributed by atoms with Gasteiger partial charge in [-0.2, -0.15) is 0 Å². The Labute approximate surface area is 128 Å². The van der Waals surface area contributed by atoms with Crippen LogP contribution in [-0.4, -0.2) is 12.5 Å². The van der Waals surface area contributed by atoms with Crippen LogP contribution in [0.5, 0.6) is 0 Å². The van der Waals surface area contributed by atoms with E-state index in [0.29, 0.717) is 17.1 Å². The van der Waals surface area contributed by atoms with E-state index >= 15 is 0 Å². The zero-order chi connectivity index (χ0) is 15.4. The standard InChI is InChI=1S/C16H16ClFN2O/c1-3-19-14-7-4-10(2)8-12(14)16(21)20-15-9-11(18)5-6-13(15)17/h4-9,19H,3H2,1-2H3,(H,20,21). The first kappa shape index (κ1) is 15.3. The van der Waals surface area contributed by atoms with E-state index in [1.165, 1.54) is 18.2 Å². The van der Waals surface area contributed by atoms with Crippen molar-refractivity contribution in [1.82, 2.24) is 0 Å². The summed E-state index contributed by atoms with van der Waals surface area (Å²) in [4.78, 5) is 12.4. The predicted octanol–water partition coefficient (Wildman–Crippen LogP) is 4.47. The Balaban J connectivity index is 2.31. The molecule has 110 valence electrons. The molecule has 1 amide bonds. The van der Waals surface area contributed by atoms with Gasteiger partial charge in [0.25, 0.3) is 5.91 Å². The molecule has 0 saturated carbocycles. The van der Waals surface area contributed by atoms with E-state index < -0.39 is 5.82 Å². The summed E-state index contributed by atoms with van der Waals surface area (Å²) < 4.78 is 13.2. The first-order valence-corrected chi connectivity index (χ1v) is 7.00. The highest BCUT2D eigenvalue weighted by Crippen LogP contribution is 2.25. The Morgan fingerprint density at radius 2 is 1.95 bits per heavy atom. The van der Waals surface area contributed by atoms with Crippen molar-refractivity contribution >= 4 is 28.9 Å². The first-order chi connectivity index (χ1) is 10.0. The van der Waals surface area contributed by atoms with Gasteiger partial charge in [0, 0.05) is 12.2 Å². The Kier molecular flexibility index (Phi) is 4.81. The minimum Gasteiger partial charge on any atom is -0.385 e. The second-order valence-corrected chi connectivity index (χ2v) is 5.06. The Hall–Kier alpha value is -2.07. The van der Waals surface area contributed by atoms with Crippen molar-refractivity contribution in [2.45, 2.75) is 13.8 Å². The molecule has 21 heavy (non-hydrogen) atoms. The van der Waals surface area contributed by atoms with Crippen molar-refractivity contribution in [3.05, 3.63) is 58.4 Å². The quantitative estimate of drug-likeness (QED) is 0.875. The van der Waals surface area contributed by atoms with E-state index in [0.717, 1.165) is 11.3 Å². The van der Waals surface area contributed by atoms with Gasteiger partial charge in [0.05, 0.1) is 16.3 Å². The molecule has 0 spiro atoms. The lowest BCUT2D eigenvalue weighted by molar-refractivity contribution is 0.102. The summed E-state index contributed by atoms with van der Waals surface area (Å²) in [5.41, 5.74) is 2.45. The third kappa shape index (κ3) is 3.73. The highest BCUT2D eigenvalue weighted by molar-refractivity contribution is 6.34. The summed E-state index contributed by atoms with van der Waals surface area (Å²) in [6, 6.07) is 9.40. The highest BCUT2D eigenvalue weighted by Gasteiger charge is 2.13. The molecule has 5 heteroatoms. The van der Waals surface area contributed by atoms with Crippen LogP contribution in [0.25, 0.3) is 0 Å². The lowest BCUT2D eigenvalue weighted by Crippen LogP contribution is -2.15. The van der Waals surface area contributed by atoms with Crippen LogP contribution in [0.15, 0.2) is 36.4 Å². The number of hydrogen-bond acceptors (Lipinski definition) is 2. The van der Waals surface area contributed by atoms with Crippen LogP contribution in [0.3, 0.4) is 0 Å². The predicted molar refractivity (Wildman–Crippen MR) is 84.7 cm³/mol. The number of carbonyl (C=O) groups excluding carboxylic acids is 1. The molecule has 0 radical (unpaired) electrons. The van der Waals surface area contributed by atoms with E-state index in [2.05, 4.69) is 10.6 Å². The normalized spacial score (nSPS) is 10.3. The van der Waals surface area contributed by atoms with Gasteiger partial charge in [-0.3, -0.25) is 4.79 Å². The maximum absolute atomic E-state index is 13.2. The van der Waals surface area contributed by atoms with Crippen LogP contribution in [0.1, 0.15) is 22.8 Å². The van der Waals surface area contributed by atoms with E-state index in [9.17, 15) is 9.18 Å². The Morgan fingerprint density at radius 3 is 2.67 bits per heavy atom. The molecule has 2 N–H and O–H groups in total. The van der Waals surface area contributed by atoms with Gasteiger partial charge < -0.3 is 10.6 Å². The number of benzene rings is 2. The number of halogens is 2. The van der Waals surface area contributed by atoms with Crippen LogP contribution in [0.4, 0.5) is 15.8 Å². The average molecular weight is 307 g/mol. The molecule has 0 aliphatic carbocycles. The molecule has 0 bridgehead atoms. The van der Waals surface area contributed by atoms with Gasteiger partial charge in [0.15, 0.2) is 0 Å². The largest absolute Gasteiger partial charge is 0.385 e. The maximum Gasteiger partial charge on any atom is 0.257 e. The van der Waals surface area contributed by atoms with Gasteiger partial charge in [-0.1, -0.05) is 23.2 Å². The second-order valence-electron chi connectivity index (χ2n) is 4.66. The zero-order valence-electron chi connectivity index (χ0n) is 11.8. The van der Waals surface area contributed by atoms with E-state index in [-0.39, 0.29) is 11.6 Å². The molecule has 0 heterocycles. The highest BCUT2D eigenvalue weighted by atomic mass is 35.5. The third-order valence-electron chi connectivity index (χ3n) is 2.96. The monoisotopic (exact) mass is 306 g/mol. The first-order valence-electron chi connectivity index (χ1n) is 6.62. The molecule has 2 aromatic carbocycles. The fourth-order valence-corrected chi connectivity index (χ4v) is 2.14. The maximum atomic E-state index is 13.2. The second kappa shape index (κ2) is 6.59. The minimum atomic E-state index is -0.453. The summed E-state index contributed by atoms with van der Waals surface area (Å²) in [6.45, 7) is 4.55. The topological polar surface area (TPSA) is 41.1 Å². The molecule has 0 unspecified atom stereocenters. The van der Waals surface area contributed by atoms with Gasteiger partial charge in [0.2, 0.25) is 0 Å². The number of anilines is 2. The van der Waals surface area contributed by atoms with E-state index in [1.807, 2.05) is 26.0 Å². The van der Waals surface area contributed by atoms with Crippen molar-refractivity contribution in [2.24, 2.45) is 0 Å². The minimum absolute atomic E-state index is 0.255. The number of nitrogens with one attached hydrogen (secondary N) is 2. The van der Waals surface area contributed by atoms with E-state index in [4.69, 9.17) is 11.6 Å². The Bertz CT molecular complexity index is 673. The van der Waals surface area contributed by atoms with Crippen LogP contribution in [0.2, 0.25) is 5.02 Å². The van der Waals surface area contributed by atoms with Crippen LogP contribution < -0.4 is 10.6 Å². The summed E-state index contributed by atoms with van der Waals surface area (Å²) in [7, 11) is 0. The molecule has 0 aromatic heterocycles. The Morgan fingerprint density at radius 1 is 1.19 bits per heavy atom. The summed E-state index contributed by atoms with van der Waals surface area (Å²) >= 11 is 5.96. The van der Waals surface area contributed by atoms with Crippen molar-refractivity contribution < 1.29 is 9.18 Å². The lowest BCUT2D eigenvalue weighted by atomic mass is 10.1. The fourth-order valence-electron chi connectivity index (χ4n) is 1.97. The van der Waals surface area contributed by atoms with Crippen LogP contribution in [-0.2, 0) is 0 Å². The molecule has 0 aliphatic rings. The third-order valence-corrected chi connectivity index (χ3v) is 3.29. The fraction of sp³-hybridized carbons (Fsp3) is 0.188. The molecular weight excluding hydrogens is 291 g/mol. The van der Waals surface area contributed by atoms with Crippen molar-refractivity contribution in [3.8, 4) is 0 Å². The molecule has 3 nitrogen and oxygen atoms in total. The van der Waals surface area contributed by atoms with Gasteiger partial charge in [-0.25, -0.2) is 4.39 Å². The van der Waals surface area contributed by atoms with E-state index in [1.54, 1.807) is 6.07 Å². The van der Waals surface area contributed by atoms with Crippen molar-refractivity contribution in [1.29, 1.82) is 0 Å². The van der Waals surface area contributed by atoms with Crippen LogP contribution in [0, 0.1) is 12.7 Å². The number of hydrogen-bond donors (Lipinski definition) is 2. The summed E-state index contributed by atoms with van der Waals surface area (Å²) in [6.07, 6.45) is 0. The molecule has 0 fully saturated rings. The zero-order valence-corrected chi connectivity index (χ0v) is 12.6. The number of rotatable bonds is 4. The molecule has 0 saturated heterocycles. The lowest BCUT2D eigenvalue weighted by Gasteiger charge is -2.13. The average Bonchev–Trinajstić information content (AvgIpc) is 2.45. The summed E-state index contributed by atoms with van der Waals surface area (Å²) in [5.74, 6) is -0.784. The summed E-state index contributed by atoms with van der Waals surface area (Å²) in [5, 5.41) is 6.06. The number of amides is 1. The van der Waals surface area contributed by atoms with Gasteiger partial charge in [0.1, 0.15) is 5.82 Å². The van der Waals surface area contributed by atoms with Crippen molar-refractivity contribution in [2.75, 3.05) is 17.2 Å². The molecule has 0 aliphatic heterocycles. The SMILES string of the molecule is CCNc1ccc(C)cc1C(=O)Nc1cc(F)ccc1Cl. The number of aryl methyl sites for hydroxylation is 1.